The maximum absolute atomic E-state index is 12.7. The van der Waals surface area contributed by atoms with E-state index in [1.54, 1.807) is 6.07 Å². The van der Waals surface area contributed by atoms with E-state index in [9.17, 15) is 4.79 Å². The summed E-state index contributed by atoms with van der Waals surface area (Å²) < 4.78 is 0. The van der Waals surface area contributed by atoms with Gasteiger partial charge in [-0.25, -0.2) is 4.98 Å². The number of nitrogens with one attached hydrogen (secondary N) is 1. The molecule has 1 aromatic rings. The van der Waals surface area contributed by atoms with Crippen molar-refractivity contribution in [3.05, 3.63) is 23.9 Å². The molecule has 0 aromatic carbocycles. The lowest BCUT2D eigenvalue weighted by molar-refractivity contribution is 0.0735. The van der Waals surface area contributed by atoms with Crippen LogP contribution in [0.4, 0.5) is 5.82 Å². The van der Waals surface area contributed by atoms with Crippen molar-refractivity contribution in [2.45, 2.75) is 40.5 Å². The van der Waals surface area contributed by atoms with Gasteiger partial charge in [0.2, 0.25) is 0 Å². The molecule has 1 amide bonds. The zero-order valence-corrected chi connectivity index (χ0v) is 14.0. The minimum Gasteiger partial charge on any atom is -0.373 e. The molecule has 0 bridgehead atoms. The van der Waals surface area contributed by atoms with Gasteiger partial charge in [0.25, 0.3) is 5.91 Å². The minimum atomic E-state index is 0.0356. The van der Waals surface area contributed by atoms with Crippen LogP contribution in [-0.4, -0.2) is 35.9 Å². The molecule has 21 heavy (non-hydrogen) atoms. The third-order valence-corrected chi connectivity index (χ3v) is 3.46. The lowest BCUT2D eigenvalue weighted by atomic mass is 10.1. The average Bonchev–Trinajstić information content (AvgIpc) is 2.46. The molecule has 0 unspecified atom stereocenters. The molecule has 1 N–H and O–H groups in total. The molecule has 1 rings (SSSR count). The van der Waals surface area contributed by atoms with Crippen molar-refractivity contribution < 1.29 is 4.79 Å². The van der Waals surface area contributed by atoms with Crippen molar-refractivity contribution in [3.63, 3.8) is 0 Å². The van der Waals surface area contributed by atoms with Gasteiger partial charge in [-0.3, -0.25) is 4.79 Å². The zero-order valence-electron chi connectivity index (χ0n) is 14.0. The van der Waals surface area contributed by atoms with Gasteiger partial charge in [-0.15, -0.1) is 0 Å². The summed E-state index contributed by atoms with van der Waals surface area (Å²) in [6, 6.07) is 5.53. The molecule has 0 saturated heterocycles. The van der Waals surface area contributed by atoms with Crippen LogP contribution >= 0.6 is 0 Å². The van der Waals surface area contributed by atoms with Crippen LogP contribution in [-0.2, 0) is 0 Å². The zero-order chi connectivity index (χ0) is 15.8. The van der Waals surface area contributed by atoms with E-state index >= 15 is 0 Å². The van der Waals surface area contributed by atoms with Crippen molar-refractivity contribution in [3.8, 4) is 0 Å². The smallest absolute Gasteiger partial charge is 0.272 e. The molecule has 0 aliphatic heterocycles. The van der Waals surface area contributed by atoms with Crippen LogP contribution < -0.4 is 5.32 Å². The average molecular weight is 291 g/mol. The Labute approximate surface area is 129 Å². The lowest BCUT2D eigenvalue weighted by Crippen LogP contribution is -2.34. The van der Waals surface area contributed by atoms with Crippen LogP contribution in [0.25, 0.3) is 0 Å². The van der Waals surface area contributed by atoms with Crippen LogP contribution in [0.1, 0.15) is 51.0 Å². The number of carbonyl (C=O) groups is 1. The predicted octanol–water partition coefficient (Wildman–Crippen LogP) is 3.66. The number of amides is 1. The van der Waals surface area contributed by atoms with Crippen molar-refractivity contribution in [2.75, 3.05) is 25.5 Å². The van der Waals surface area contributed by atoms with E-state index < -0.39 is 0 Å². The fourth-order valence-corrected chi connectivity index (χ4v) is 2.00. The van der Waals surface area contributed by atoms with E-state index in [4.69, 9.17) is 0 Å². The van der Waals surface area contributed by atoms with Gasteiger partial charge in [0.15, 0.2) is 0 Å². The first kappa shape index (κ1) is 17.5. The largest absolute Gasteiger partial charge is 0.373 e. The van der Waals surface area contributed by atoms with E-state index in [1.807, 2.05) is 24.1 Å². The van der Waals surface area contributed by atoms with E-state index in [1.165, 1.54) is 0 Å². The van der Waals surface area contributed by atoms with Gasteiger partial charge >= 0.3 is 0 Å². The Morgan fingerprint density at radius 1 is 1.14 bits per heavy atom. The summed E-state index contributed by atoms with van der Waals surface area (Å²) in [4.78, 5) is 19.0. The molecule has 1 aromatic heterocycles. The highest BCUT2D eigenvalue weighted by Crippen LogP contribution is 2.12. The molecule has 0 spiro atoms. The molecule has 4 heteroatoms. The van der Waals surface area contributed by atoms with E-state index in [-0.39, 0.29) is 5.91 Å². The van der Waals surface area contributed by atoms with Crippen molar-refractivity contribution in [1.82, 2.24) is 9.88 Å². The molecule has 0 atom stereocenters. The Balaban J connectivity index is 2.81. The van der Waals surface area contributed by atoms with Crippen LogP contribution in [0, 0.1) is 11.8 Å². The second-order valence-corrected chi connectivity index (χ2v) is 6.32. The highest BCUT2D eigenvalue weighted by atomic mass is 16.2. The summed E-state index contributed by atoms with van der Waals surface area (Å²) in [6.07, 6.45) is 2.05. The maximum atomic E-state index is 12.7. The summed E-state index contributed by atoms with van der Waals surface area (Å²) in [5.74, 6) is 1.95. The van der Waals surface area contributed by atoms with E-state index in [0.29, 0.717) is 17.5 Å². The van der Waals surface area contributed by atoms with Crippen LogP contribution in [0.15, 0.2) is 18.2 Å². The number of anilines is 1. The molecule has 0 fully saturated rings. The Hall–Kier alpha value is -1.58. The molecule has 0 aliphatic carbocycles. The number of hydrogen-bond donors (Lipinski definition) is 1. The van der Waals surface area contributed by atoms with Crippen LogP contribution in [0.3, 0.4) is 0 Å². The standard InChI is InChI=1S/C17H29N3O/c1-13(2)9-11-20(12-10-14(3)4)17(21)15-7-6-8-16(18-5)19-15/h6-8,13-14H,9-12H2,1-5H3,(H,18,19). The Morgan fingerprint density at radius 3 is 2.19 bits per heavy atom. The van der Waals surface area contributed by atoms with E-state index in [2.05, 4.69) is 38.0 Å². The van der Waals surface area contributed by atoms with Gasteiger partial charge in [0, 0.05) is 20.1 Å². The van der Waals surface area contributed by atoms with Crippen molar-refractivity contribution in [1.29, 1.82) is 0 Å². The summed E-state index contributed by atoms with van der Waals surface area (Å²) >= 11 is 0. The first-order chi connectivity index (χ1) is 9.93. The monoisotopic (exact) mass is 291 g/mol. The summed E-state index contributed by atoms with van der Waals surface area (Å²) in [7, 11) is 1.81. The first-order valence-electron chi connectivity index (χ1n) is 7.88. The number of nitrogens with zero attached hydrogens (tertiary/aromatic N) is 2. The van der Waals surface area contributed by atoms with Gasteiger partial charge in [0.05, 0.1) is 0 Å². The highest BCUT2D eigenvalue weighted by Gasteiger charge is 2.17. The first-order valence-corrected chi connectivity index (χ1v) is 7.88. The topological polar surface area (TPSA) is 45.2 Å². The summed E-state index contributed by atoms with van der Waals surface area (Å²) in [6.45, 7) is 10.3. The Morgan fingerprint density at radius 2 is 1.71 bits per heavy atom. The molecule has 1 heterocycles. The summed E-state index contributed by atoms with van der Waals surface area (Å²) in [5, 5.41) is 2.98. The third-order valence-electron chi connectivity index (χ3n) is 3.46. The lowest BCUT2D eigenvalue weighted by Gasteiger charge is -2.24. The fourth-order valence-electron chi connectivity index (χ4n) is 2.00. The normalized spacial score (nSPS) is 11.0. The molecule has 0 saturated carbocycles. The van der Waals surface area contributed by atoms with Gasteiger partial charge in [0.1, 0.15) is 11.5 Å². The fraction of sp³-hybridized carbons (Fsp3) is 0.647. The number of hydrogen-bond acceptors (Lipinski definition) is 3. The van der Waals surface area contributed by atoms with Crippen molar-refractivity contribution in [2.24, 2.45) is 11.8 Å². The number of rotatable bonds is 8. The van der Waals surface area contributed by atoms with Gasteiger partial charge < -0.3 is 10.2 Å². The third kappa shape index (κ3) is 6.15. The summed E-state index contributed by atoms with van der Waals surface area (Å²) in [5.41, 5.74) is 0.523. The Kier molecular flexibility index (Phi) is 7.20. The number of pyridine rings is 1. The highest BCUT2D eigenvalue weighted by molar-refractivity contribution is 5.92. The minimum absolute atomic E-state index is 0.0356. The second-order valence-electron chi connectivity index (χ2n) is 6.32. The van der Waals surface area contributed by atoms with E-state index in [0.717, 1.165) is 31.7 Å². The van der Waals surface area contributed by atoms with Gasteiger partial charge in [-0.05, 0) is 36.8 Å². The molecule has 0 aliphatic rings. The van der Waals surface area contributed by atoms with Crippen LogP contribution in [0.2, 0.25) is 0 Å². The molecular formula is C17H29N3O. The number of carbonyl (C=O) groups excluding carboxylic acids is 1. The predicted molar refractivity (Wildman–Crippen MR) is 88.6 cm³/mol. The second kappa shape index (κ2) is 8.65. The SMILES string of the molecule is CNc1cccc(C(=O)N(CCC(C)C)CCC(C)C)n1. The van der Waals surface area contributed by atoms with Gasteiger partial charge in [-0.1, -0.05) is 33.8 Å². The quantitative estimate of drug-likeness (QED) is 0.795. The molecular weight excluding hydrogens is 262 g/mol. The maximum Gasteiger partial charge on any atom is 0.272 e. The molecule has 118 valence electrons. The number of aromatic nitrogens is 1. The molecule has 4 nitrogen and oxygen atoms in total. The van der Waals surface area contributed by atoms with Crippen LogP contribution in [0.5, 0.6) is 0 Å². The van der Waals surface area contributed by atoms with Gasteiger partial charge in [-0.2, -0.15) is 0 Å². The molecule has 0 radical (unpaired) electrons. The Bertz CT molecular complexity index is 431. The van der Waals surface area contributed by atoms with Crippen molar-refractivity contribution >= 4 is 11.7 Å².